The van der Waals surface area contributed by atoms with Crippen LogP contribution in [0.4, 0.5) is 0 Å². The first-order chi connectivity index (χ1) is 20.1. The Morgan fingerprint density at radius 1 is 0.829 bits per heavy atom. The quantitative estimate of drug-likeness (QED) is 0.187. The number of allylic oxidation sites excluding steroid dienone is 6. The number of carbonyl (C=O) groups is 2. The van der Waals surface area contributed by atoms with E-state index >= 15 is 0 Å². The van der Waals surface area contributed by atoms with Crippen molar-refractivity contribution in [2.75, 3.05) is 0 Å². The minimum absolute atomic E-state index is 0.0181. The van der Waals surface area contributed by atoms with Crippen molar-refractivity contribution in [1.29, 1.82) is 0 Å². The molecule has 0 fully saturated rings. The van der Waals surface area contributed by atoms with E-state index in [4.69, 9.17) is 14.5 Å². The van der Waals surface area contributed by atoms with Crippen LogP contribution in [-0.4, -0.2) is 16.9 Å². The Hall–Kier alpha value is -4.77. The maximum atomic E-state index is 13.7. The summed E-state index contributed by atoms with van der Waals surface area (Å²) in [5.74, 6) is 0.525. The van der Waals surface area contributed by atoms with Crippen molar-refractivity contribution in [3.63, 3.8) is 0 Å². The van der Waals surface area contributed by atoms with Crippen molar-refractivity contribution < 1.29 is 19.1 Å². The number of aromatic nitrogens is 1. The van der Waals surface area contributed by atoms with E-state index in [0.717, 1.165) is 52.6 Å². The SMILES string of the molecule is O=C(CC1(CC(=O)Oc2ccccc2)C2=CC[C@@H]3CCC=CC3=C2c2nc3ccccc3cc21)Oc1ccccc1. The van der Waals surface area contributed by atoms with Gasteiger partial charge in [0.1, 0.15) is 11.5 Å². The molecule has 7 rings (SSSR count). The van der Waals surface area contributed by atoms with Gasteiger partial charge in [0, 0.05) is 16.4 Å². The minimum Gasteiger partial charge on any atom is -0.426 e. The highest BCUT2D eigenvalue weighted by molar-refractivity contribution is 5.99. The Labute approximate surface area is 238 Å². The van der Waals surface area contributed by atoms with Crippen LogP contribution in [-0.2, 0) is 15.0 Å². The molecule has 202 valence electrons. The van der Waals surface area contributed by atoms with Crippen LogP contribution in [0, 0.1) is 5.92 Å². The Bertz CT molecular complexity index is 1700. The molecule has 41 heavy (non-hydrogen) atoms. The second-order valence-corrected chi connectivity index (χ2v) is 10.9. The van der Waals surface area contributed by atoms with Crippen molar-refractivity contribution in [3.8, 4) is 11.5 Å². The highest BCUT2D eigenvalue weighted by Gasteiger charge is 2.52. The number of para-hydroxylation sites is 3. The molecule has 0 amide bonds. The number of hydrogen-bond acceptors (Lipinski definition) is 5. The Morgan fingerprint density at radius 3 is 2.15 bits per heavy atom. The molecule has 5 nitrogen and oxygen atoms in total. The summed E-state index contributed by atoms with van der Waals surface area (Å²) in [6, 6.07) is 28.2. The number of esters is 2. The van der Waals surface area contributed by atoms with E-state index in [0.29, 0.717) is 17.4 Å². The number of nitrogens with zero attached hydrogens (tertiary/aromatic N) is 1. The van der Waals surface area contributed by atoms with Crippen molar-refractivity contribution in [2.45, 2.75) is 37.5 Å². The van der Waals surface area contributed by atoms with Crippen LogP contribution in [0.25, 0.3) is 16.5 Å². The molecule has 0 radical (unpaired) electrons. The molecule has 0 bridgehead atoms. The molecule has 0 spiro atoms. The molecule has 5 heteroatoms. The first-order valence-corrected chi connectivity index (χ1v) is 14.1. The van der Waals surface area contributed by atoms with Crippen LogP contribution in [0.1, 0.15) is 43.4 Å². The Kier molecular flexibility index (Phi) is 6.35. The molecular weight excluding hydrogens is 510 g/mol. The zero-order valence-corrected chi connectivity index (χ0v) is 22.6. The van der Waals surface area contributed by atoms with Crippen LogP contribution in [0.3, 0.4) is 0 Å². The monoisotopic (exact) mass is 539 g/mol. The molecule has 0 aliphatic heterocycles. The lowest BCUT2D eigenvalue weighted by molar-refractivity contribution is -0.138. The summed E-state index contributed by atoms with van der Waals surface area (Å²) in [7, 11) is 0. The predicted octanol–water partition coefficient (Wildman–Crippen LogP) is 7.53. The molecule has 1 aromatic heterocycles. The number of pyridine rings is 1. The van der Waals surface area contributed by atoms with Gasteiger partial charge in [0.05, 0.1) is 24.1 Å². The molecule has 1 heterocycles. The van der Waals surface area contributed by atoms with Crippen LogP contribution < -0.4 is 9.47 Å². The highest BCUT2D eigenvalue weighted by atomic mass is 16.5. The normalized spacial score (nSPS) is 18.2. The topological polar surface area (TPSA) is 65.5 Å². The van der Waals surface area contributed by atoms with Gasteiger partial charge in [0.25, 0.3) is 0 Å². The molecule has 0 N–H and O–H groups in total. The van der Waals surface area contributed by atoms with E-state index in [1.54, 1.807) is 24.3 Å². The van der Waals surface area contributed by atoms with Crippen LogP contribution >= 0.6 is 0 Å². The summed E-state index contributed by atoms with van der Waals surface area (Å²) in [6.45, 7) is 0. The summed E-state index contributed by atoms with van der Waals surface area (Å²) >= 11 is 0. The molecule has 1 atom stereocenters. The van der Waals surface area contributed by atoms with Crippen LogP contribution in [0.15, 0.2) is 120 Å². The van der Waals surface area contributed by atoms with E-state index in [1.165, 1.54) is 5.57 Å². The lowest BCUT2D eigenvalue weighted by Gasteiger charge is -2.34. The van der Waals surface area contributed by atoms with Gasteiger partial charge < -0.3 is 9.47 Å². The lowest BCUT2D eigenvalue weighted by Crippen LogP contribution is -2.35. The highest BCUT2D eigenvalue weighted by Crippen LogP contribution is 2.58. The smallest absolute Gasteiger partial charge is 0.312 e. The second-order valence-electron chi connectivity index (χ2n) is 10.9. The summed E-state index contributed by atoms with van der Waals surface area (Å²) in [6.07, 6.45) is 9.61. The van der Waals surface area contributed by atoms with Gasteiger partial charge in [-0.2, -0.15) is 0 Å². The zero-order chi connectivity index (χ0) is 27.8. The van der Waals surface area contributed by atoms with E-state index in [1.807, 2.05) is 60.7 Å². The Balaban J connectivity index is 1.40. The van der Waals surface area contributed by atoms with E-state index in [2.05, 4.69) is 24.3 Å². The number of hydrogen-bond donors (Lipinski definition) is 0. The number of fused-ring (bicyclic) bond motifs is 5. The molecule has 4 aromatic rings. The number of carbonyl (C=O) groups excluding carboxylic acids is 2. The fourth-order valence-electron chi connectivity index (χ4n) is 6.61. The Morgan fingerprint density at radius 2 is 1.46 bits per heavy atom. The molecule has 3 aliphatic carbocycles. The van der Waals surface area contributed by atoms with E-state index < -0.39 is 17.4 Å². The second kappa shape index (κ2) is 10.3. The molecule has 3 aliphatic rings. The first-order valence-electron chi connectivity index (χ1n) is 14.1. The van der Waals surface area contributed by atoms with Gasteiger partial charge in [0.15, 0.2) is 0 Å². The van der Waals surface area contributed by atoms with Crippen LogP contribution in [0.5, 0.6) is 11.5 Å². The summed E-state index contributed by atoms with van der Waals surface area (Å²) in [5, 5.41) is 0.962. The predicted molar refractivity (Wildman–Crippen MR) is 158 cm³/mol. The first kappa shape index (κ1) is 25.2. The fraction of sp³-hybridized carbons (Fsp3) is 0.194. The van der Waals surface area contributed by atoms with Crippen molar-refractivity contribution in [2.24, 2.45) is 5.92 Å². The van der Waals surface area contributed by atoms with Gasteiger partial charge in [-0.05, 0) is 78.3 Å². The van der Waals surface area contributed by atoms with Crippen molar-refractivity contribution >= 4 is 28.4 Å². The minimum atomic E-state index is -0.983. The standard InChI is InChI=1S/C36H29NO4/c38-32(40-26-13-3-1-4-14-26)22-36(23-33(39)41-27-15-5-2-6-16-27)29-20-19-24-11-7-9-17-28(24)34(29)35-30(36)21-25-12-8-10-18-31(25)37-35/h1-6,8-10,12-18,20-21,24H,7,11,19,22-23H2/t24-/m0/s1. The van der Waals surface area contributed by atoms with Gasteiger partial charge in [-0.15, -0.1) is 0 Å². The van der Waals surface area contributed by atoms with Crippen LogP contribution in [0.2, 0.25) is 0 Å². The van der Waals surface area contributed by atoms with Crippen molar-refractivity contribution in [1.82, 2.24) is 4.98 Å². The zero-order valence-electron chi connectivity index (χ0n) is 22.6. The van der Waals surface area contributed by atoms with Gasteiger partial charge in [-0.25, -0.2) is 4.98 Å². The van der Waals surface area contributed by atoms with E-state index in [-0.39, 0.29) is 12.8 Å². The molecule has 0 saturated heterocycles. The summed E-state index contributed by atoms with van der Waals surface area (Å²) < 4.78 is 11.6. The third-order valence-corrected chi connectivity index (χ3v) is 8.42. The fourth-order valence-corrected chi connectivity index (χ4v) is 6.61. The summed E-state index contributed by atoms with van der Waals surface area (Å²) in [5.41, 5.74) is 4.90. The molecule has 3 aromatic carbocycles. The van der Waals surface area contributed by atoms with E-state index in [9.17, 15) is 9.59 Å². The van der Waals surface area contributed by atoms with Crippen molar-refractivity contribution in [3.05, 3.63) is 132 Å². The number of rotatable bonds is 6. The molecule has 0 saturated carbocycles. The third-order valence-electron chi connectivity index (χ3n) is 8.42. The van der Waals surface area contributed by atoms with Gasteiger partial charge in [-0.3, -0.25) is 9.59 Å². The third kappa shape index (κ3) is 4.57. The summed E-state index contributed by atoms with van der Waals surface area (Å²) in [4.78, 5) is 32.6. The number of benzene rings is 3. The maximum absolute atomic E-state index is 13.7. The average Bonchev–Trinajstić information content (AvgIpc) is 3.25. The molecular formula is C36H29NO4. The van der Waals surface area contributed by atoms with Gasteiger partial charge in [-0.1, -0.05) is 72.8 Å². The lowest BCUT2D eigenvalue weighted by atomic mass is 9.69. The molecule has 0 unspecified atom stereocenters. The van der Waals surface area contributed by atoms with Gasteiger partial charge in [0.2, 0.25) is 0 Å². The largest absolute Gasteiger partial charge is 0.426 e. The van der Waals surface area contributed by atoms with Gasteiger partial charge >= 0.3 is 11.9 Å². The maximum Gasteiger partial charge on any atom is 0.312 e. The average molecular weight is 540 g/mol. The number of ether oxygens (including phenoxy) is 2.